The van der Waals surface area contributed by atoms with E-state index in [2.05, 4.69) is 15.9 Å². The Hall–Kier alpha value is -0.420. The molecule has 0 aromatic heterocycles. The minimum atomic E-state index is -5.38. The van der Waals surface area contributed by atoms with Crippen LogP contribution in [0.4, 0.5) is 22.0 Å². The van der Waals surface area contributed by atoms with Crippen molar-refractivity contribution in [1.82, 2.24) is 4.72 Å². The molecule has 0 aliphatic rings. The van der Waals surface area contributed by atoms with Crippen LogP contribution in [-0.2, 0) is 16.9 Å². The van der Waals surface area contributed by atoms with E-state index >= 15 is 0 Å². The molecule has 0 aliphatic heterocycles. The molecule has 0 fully saturated rings. The molecule has 10 heteroatoms. The molecule has 0 saturated heterocycles. The number of rotatable bonds is 5. The van der Waals surface area contributed by atoms with Crippen LogP contribution in [0.3, 0.4) is 0 Å². The van der Waals surface area contributed by atoms with Gasteiger partial charge in [0, 0.05) is 21.4 Å². The van der Waals surface area contributed by atoms with Gasteiger partial charge in [0.25, 0.3) is 0 Å². The van der Waals surface area contributed by atoms with Crippen molar-refractivity contribution in [2.75, 3.05) is 6.61 Å². The summed E-state index contributed by atoms with van der Waals surface area (Å²) in [6.45, 7) is 2.59. The van der Waals surface area contributed by atoms with Crippen LogP contribution in [0.2, 0.25) is 0 Å². The average Bonchev–Trinajstić information content (AvgIpc) is 2.44. The fourth-order valence-corrected chi connectivity index (χ4v) is 3.22. The van der Waals surface area contributed by atoms with Crippen LogP contribution >= 0.6 is 15.9 Å². The van der Waals surface area contributed by atoms with Crippen LogP contribution in [-0.4, -0.2) is 33.4 Å². The number of benzene rings is 1. The van der Waals surface area contributed by atoms with Gasteiger partial charge in [-0.3, -0.25) is 0 Å². The number of aliphatic hydroxyl groups is 1. The molecular weight excluding hydrogens is 421 g/mol. The zero-order valence-electron chi connectivity index (χ0n) is 13.0. The minimum absolute atomic E-state index is 0.0704. The maximum absolute atomic E-state index is 14.3. The smallest absolute Gasteiger partial charge is 0.418 e. The van der Waals surface area contributed by atoms with E-state index in [4.69, 9.17) is 5.11 Å². The van der Waals surface area contributed by atoms with E-state index in [1.54, 1.807) is 4.72 Å². The summed E-state index contributed by atoms with van der Waals surface area (Å²) in [5.41, 5.74) is -4.77. The number of halogens is 6. The number of hydrogen-bond donors (Lipinski definition) is 2. The van der Waals surface area contributed by atoms with Crippen LogP contribution in [0, 0.1) is 5.82 Å². The zero-order chi connectivity index (χ0) is 18.9. The van der Waals surface area contributed by atoms with Crippen molar-refractivity contribution in [1.29, 1.82) is 0 Å². The lowest BCUT2D eigenvalue weighted by atomic mass is 9.85. The third-order valence-corrected chi connectivity index (χ3v) is 5.35. The highest BCUT2D eigenvalue weighted by Crippen LogP contribution is 2.45. The Balaban J connectivity index is 3.69. The van der Waals surface area contributed by atoms with Crippen LogP contribution < -0.4 is 4.72 Å². The van der Waals surface area contributed by atoms with Crippen LogP contribution in [0.5, 0.6) is 0 Å². The van der Waals surface area contributed by atoms with Crippen LogP contribution in [0.15, 0.2) is 22.7 Å². The first-order chi connectivity index (χ1) is 10.8. The molecule has 3 nitrogen and oxygen atoms in total. The van der Waals surface area contributed by atoms with E-state index in [0.717, 1.165) is 18.2 Å². The third kappa shape index (κ3) is 4.21. The number of nitrogens with one attached hydrogen (secondary N) is 1. The molecule has 0 saturated carbocycles. The van der Waals surface area contributed by atoms with Gasteiger partial charge in [-0.25, -0.2) is 8.78 Å². The Morgan fingerprint density at radius 1 is 1.29 bits per heavy atom. The van der Waals surface area contributed by atoms with Crippen molar-refractivity contribution in [2.24, 2.45) is 0 Å². The van der Waals surface area contributed by atoms with Crippen molar-refractivity contribution in [3.8, 4) is 0 Å². The summed E-state index contributed by atoms with van der Waals surface area (Å²) in [7, 11) is 0. The zero-order valence-corrected chi connectivity index (χ0v) is 15.5. The maximum Gasteiger partial charge on any atom is 0.418 e. The van der Waals surface area contributed by atoms with Gasteiger partial charge in [0.05, 0.1) is 6.61 Å². The SMILES string of the molecule is CC(C)(C)[S+]([O-])N[C@](c1cc(Br)ccc1F)([C@@H](F)CO)C(F)(F)F. The fraction of sp³-hybridized carbons (Fsp3) is 0.571. The number of hydrogen-bond acceptors (Lipinski definition) is 3. The van der Waals surface area contributed by atoms with Crippen molar-refractivity contribution in [3.05, 3.63) is 34.1 Å². The Bertz CT molecular complexity index is 581. The van der Waals surface area contributed by atoms with Gasteiger partial charge < -0.3 is 9.66 Å². The van der Waals surface area contributed by atoms with Gasteiger partial charge in [0.1, 0.15) is 10.6 Å². The largest absolute Gasteiger partial charge is 0.598 e. The summed E-state index contributed by atoms with van der Waals surface area (Å²) >= 11 is 0.516. The lowest BCUT2D eigenvalue weighted by Crippen LogP contribution is -2.65. The van der Waals surface area contributed by atoms with E-state index in [0.29, 0.717) is 0 Å². The first kappa shape index (κ1) is 21.6. The molecule has 2 N–H and O–H groups in total. The van der Waals surface area contributed by atoms with Gasteiger partial charge in [-0.15, -0.1) is 4.72 Å². The van der Waals surface area contributed by atoms with E-state index in [-0.39, 0.29) is 4.47 Å². The van der Waals surface area contributed by atoms with Gasteiger partial charge in [0.15, 0.2) is 6.17 Å². The van der Waals surface area contributed by atoms with Crippen molar-refractivity contribution >= 4 is 27.3 Å². The highest BCUT2D eigenvalue weighted by molar-refractivity contribution is 9.10. The summed E-state index contributed by atoms with van der Waals surface area (Å²) in [6, 6.07) is 2.62. The second-order valence-corrected chi connectivity index (χ2v) is 8.95. The number of alkyl halides is 4. The lowest BCUT2D eigenvalue weighted by molar-refractivity contribution is -0.217. The average molecular weight is 438 g/mol. The summed E-state index contributed by atoms with van der Waals surface area (Å²) in [5, 5.41) is 9.02. The third-order valence-electron chi connectivity index (χ3n) is 3.24. The quantitative estimate of drug-likeness (QED) is 0.545. The van der Waals surface area contributed by atoms with E-state index in [1.807, 2.05) is 0 Å². The second kappa shape index (κ2) is 7.45. The predicted octanol–water partition coefficient (Wildman–Crippen LogP) is 3.73. The van der Waals surface area contributed by atoms with E-state index < -0.39 is 52.0 Å². The summed E-state index contributed by atoms with van der Waals surface area (Å²) in [4.78, 5) is 0. The van der Waals surface area contributed by atoms with Crippen molar-refractivity contribution < 1.29 is 31.6 Å². The Kier molecular flexibility index (Phi) is 6.71. The predicted molar refractivity (Wildman–Crippen MR) is 84.8 cm³/mol. The molecule has 0 bridgehead atoms. The maximum atomic E-state index is 14.3. The molecule has 1 rings (SSSR count). The van der Waals surface area contributed by atoms with Crippen molar-refractivity contribution in [2.45, 2.75) is 43.4 Å². The normalized spacial score (nSPS) is 18.1. The topological polar surface area (TPSA) is 55.3 Å². The van der Waals surface area contributed by atoms with Gasteiger partial charge in [-0.2, -0.15) is 13.2 Å². The van der Waals surface area contributed by atoms with Gasteiger partial charge >= 0.3 is 6.18 Å². The Morgan fingerprint density at radius 3 is 2.25 bits per heavy atom. The Labute approximate surface area is 148 Å². The molecule has 1 unspecified atom stereocenters. The summed E-state index contributed by atoms with van der Waals surface area (Å²) < 4.78 is 82.8. The van der Waals surface area contributed by atoms with Crippen LogP contribution in [0.25, 0.3) is 0 Å². The summed E-state index contributed by atoms with van der Waals surface area (Å²) in [6.07, 6.45) is -8.36. The molecule has 138 valence electrons. The summed E-state index contributed by atoms with van der Waals surface area (Å²) in [5.74, 6) is -1.34. The van der Waals surface area contributed by atoms with Crippen LogP contribution in [0.1, 0.15) is 26.3 Å². The van der Waals surface area contributed by atoms with E-state index in [1.165, 1.54) is 20.8 Å². The standard InChI is InChI=1S/C14H17BrF5NO2S/c1-12(2,3)24(23)21-13(11(17)7-22,14(18,19)20)9-6-8(15)4-5-10(9)16/h4-6,11,21-22H,7H2,1-3H3/t11-,13+,24?/m0/s1. The molecule has 24 heavy (non-hydrogen) atoms. The highest BCUT2D eigenvalue weighted by atomic mass is 79.9. The molecule has 3 atom stereocenters. The molecule has 0 amide bonds. The second-order valence-electron chi connectivity index (χ2n) is 6.06. The van der Waals surface area contributed by atoms with Gasteiger partial charge in [-0.1, -0.05) is 15.9 Å². The first-order valence-electron chi connectivity index (χ1n) is 6.74. The molecular formula is C14H17BrF5NO2S. The molecule has 0 radical (unpaired) electrons. The van der Waals surface area contributed by atoms with Gasteiger partial charge in [-0.05, 0) is 39.0 Å². The number of aliphatic hydroxyl groups excluding tert-OH is 1. The highest BCUT2D eigenvalue weighted by Gasteiger charge is 2.66. The molecule has 1 aromatic rings. The lowest BCUT2D eigenvalue weighted by Gasteiger charge is -2.40. The molecule has 0 aliphatic carbocycles. The first-order valence-corrected chi connectivity index (χ1v) is 8.68. The minimum Gasteiger partial charge on any atom is -0.598 e. The molecule has 0 heterocycles. The fourth-order valence-electron chi connectivity index (χ4n) is 1.91. The monoisotopic (exact) mass is 437 g/mol. The van der Waals surface area contributed by atoms with E-state index in [9.17, 15) is 26.5 Å². The van der Waals surface area contributed by atoms with Gasteiger partial charge in [0.2, 0.25) is 5.54 Å². The molecule has 1 aromatic carbocycles. The molecule has 0 spiro atoms. The Morgan fingerprint density at radius 2 is 1.83 bits per heavy atom. The van der Waals surface area contributed by atoms with Crippen molar-refractivity contribution in [3.63, 3.8) is 0 Å².